The van der Waals surface area contributed by atoms with E-state index >= 15 is 4.39 Å². The monoisotopic (exact) mass is 599 g/mol. The zero-order valence-corrected chi connectivity index (χ0v) is 22.9. The number of nitrogens with two attached hydrogens (primary N) is 1. The van der Waals surface area contributed by atoms with Crippen molar-refractivity contribution in [1.29, 1.82) is 0 Å². The van der Waals surface area contributed by atoms with Crippen molar-refractivity contribution >= 4 is 46.0 Å². The fraction of sp³-hybridized carbons (Fsp3) is 0.296. The Morgan fingerprint density at radius 1 is 1.17 bits per heavy atom. The highest BCUT2D eigenvalue weighted by Gasteiger charge is 2.37. The highest BCUT2D eigenvalue weighted by molar-refractivity contribution is 6.33. The molecule has 2 aliphatic rings. The summed E-state index contributed by atoms with van der Waals surface area (Å²) in [5.41, 5.74) is 3.58. The average Bonchev–Trinajstić information content (AvgIpc) is 3.65. The number of fused-ring (bicyclic) bond motifs is 2. The highest BCUT2D eigenvalue weighted by atomic mass is 35.5. The minimum absolute atomic E-state index is 0.00379. The van der Waals surface area contributed by atoms with Gasteiger partial charge in [0.25, 0.3) is 11.5 Å². The first kappa shape index (κ1) is 27.6. The highest BCUT2D eigenvalue weighted by Crippen LogP contribution is 2.36. The number of primary amides is 1. The third-order valence-electron chi connectivity index (χ3n) is 7.67. The number of nitrogens with zero attached hydrogens (tertiary/aromatic N) is 5. The van der Waals surface area contributed by atoms with Crippen LogP contribution in [0, 0.1) is 23.5 Å². The summed E-state index contributed by atoms with van der Waals surface area (Å²) < 4.78 is 37.6. The number of benzene rings is 1. The first-order valence-corrected chi connectivity index (χ1v) is 13.2. The van der Waals surface area contributed by atoms with Crippen LogP contribution in [0.5, 0.6) is 5.75 Å². The summed E-state index contributed by atoms with van der Waals surface area (Å²) in [5.74, 6) is -4.75. The quantitative estimate of drug-likeness (QED) is 0.304. The molecule has 0 bridgehead atoms. The van der Waals surface area contributed by atoms with Crippen molar-refractivity contribution in [3.05, 3.63) is 63.4 Å². The maximum atomic E-state index is 15.1. The van der Waals surface area contributed by atoms with Crippen molar-refractivity contribution in [2.75, 3.05) is 36.5 Å². The van der Waals surface area contributed by atoms with Crippen LogP contribution in [0.3, 0.4) is 0 Å². The number of nitrogens with one attached hydrogen (secondary N) is 1. The fourth-order valence-corrected chi connectivity index (χ4v) is 5.66. The lowest BCUT2D eigenvalue weighted by atomic mass is 10.0. The number of anilines is 2. The van der Waals surface area contributed by atoms with Crippen LogP contribution in [0.15, 0.2) is 35.6 Å². The number of aromatic hydroxyl groups is 1. The molecule has 0 saturated carbocycles. The fourth-order valence-electron chi connectivity index (χ4n) is 5.51. The second-order valence-electron chi connectivity index (χ2n) is 10.4. The molecule has 2 amide bonds. The molecule has 2 atom stereocenters. The Morgan fingerprint density at radius 2 is 1.88 bits per heavy atom. The summed E-state index contributed by atoms with van der Waals surface area (Å²) in [5, 5.41) is 12.7. The topological polar surface area (TPSA) is 158 Å². The van der Waals surface area contributed by atoms with Gasteiger partial charge in [-0.15, -0.1) is 0 Å². The number of hydrogen-bond acceptors (Lipinski definition) is 8. The third kappa shape index (κ3) is 4.61. The van der Waals surface area contributed by atoms with Crippen LogP contribution < -0.4 is 21.5 Å². The molecular formula is C27H24ClF2N7O5. The summed E-state index contributed by atoms with van der Waals surface area (Å²) in [6, 6.07) is 2.52. The van der Waals surface area contributed by atoms with Crippen LogP contribution in [-0.2, 0) is 23.1 Å². The van der Waals surface area contributed by atoms with E-state index in [0.717, 1.165) is 23.7 Å². The molecule has 4 N–H and O–H groups in total. The molecule has 2 unspecified atom stereocenters. The Labute approximate surface area is 241 Å². The zero-order valence-electron chi connectivity index (χ0n) is 22.1. The molecule has 6 rings (SSSR count). The number of rotatable bonds is 6. The number of hydrogen-bond donors (Lipinski definition) is 3. The molecule has 15 heteroatoms. The van der Waals surface area contributed by atoms with E-state index in [0.29, 0.717) is 36.6 Å². The van der Waals surface area contributed by atoms with Crippen LogP contribution in [0.1, 0.15) is 10.4 Å². The first-order chi connectivity index (χ1) is 20.0. The standard InChI is InChI=1S/C27H24ClF2N7O5/c1-35-11-33-26-21(27(35)41)16(14-2-15(25(31)40)24(39)23(30)22(14)29)7-37(26)8-20(38)34-18-3-19(32-4-17(18)28)36-5-12-9-42-10-13(12)6-36/h2-4,7,11-13,39H,5-6,8-10H2,1H3,(H2,31,40)(H,32,34,38). The molecular weight excluding hydrogens is 576 g/mol. The van der Waals surface area contributed by atoms with Crippen LogP contribution in [0.25, 0.3) is 22.2 Å². The Kier molecular flexibility index (Phi) is 6.81. The normalized spacial score (nSPS) is 18.0. The maximum absolute atomic E-state index is 15.1. The number of aryl methyl sites for hydroxylation is 1. The van der Waals surface area contributed by atoms with Gasteiger partial charge in [-0.3, -0.25) is 14.4 Å². The minimum Gasteiger partial charge on any atom is -0.504 e. The Morgan fingerprint density at radius 3 is 2.57 bits per heavy atom. The van der Waals surface area contributed by atoms with E-state index in [4.69, 9.17) is 22.1 Å². The summed E-state index contributed by atoms with van der Waals surface area (Å²) in [6.07, 6.45) is 3.90. The lowest BCUT2D eigenvalue weighted by Crippen LogP contribution is -2.24. The average molecular weight is 600 g/mol. The second-order valence-corrected chi connectivity index (χ2v) is 10.8. The number of halogens is 3. The molecule has 5 heterocycles. The molecule has 3 aromatic heterocycles. The smallest absolute Gasteiger partial charge is 0.263 e. The second kappa shape index (κ2) is 10.4. The Bertz CT molecular complexity index is 1830. The van der Waals surface area contributed by atoms with Gasteiger partial charge < -0.3 is 34.9 Å². The molecule has 12 nitrogen and oxygen atoms in total. The van der Waals surface area contributed by atoms with Gasteiger partial charge in [-0.05, 0) is 6.07 Å². The predicted octanol–water partition coefficient (Wildman–Crippen LogP) is 2.25. The van der Waals surface area contributed by atoms with Gasteiger partial charge >= 0.3 is 0 Å². The molecule has 1 aromatic carbocycles. The SMILES string of the molecule is Cn1cnc2c(c(-c3cc(C(N)=O)c(O)c(F)c3F)cn2CC(=O)Nc2cc(N3CC4COCC4C3)ncc2Cl)c1=O. The molecule has 2 fully saturated rings. The summed E-state index contributed by atoms with van der Waals surface area (Å²) in [4.78, 5) is 48.8. The number of amides is 2. The summed E-state index contributed by atoms with van der Waals surface area (Å²) in [7, 11) is 1.41. The molecule has 0 aliphatic carbocycles. The van der Waals surface area contributed by atoms with E-state index in [-0.39, 0.29) is 28.2 Å². The summed E-state index contributed by atoms with van der Waals surface area (Å²) in [6.45, 7) is 2.56. The van der Waals surface area contributed by atoms with Crippen LogP contribution in [0.4, 0.5) is 20.3 Å². The molecule has 2 aliphatic heterocycles. The maximum Gasteiger partial charge on any atom is 0.263 e. The van der Waals surface area contributed by atoms with Crippen molar-refractivity contribution in [2.24, 2.45) is 24.6 Å². The minimum atomic E-state index is -1.71. The number of phenols is 1. The van der Waals surface area contributed by atoms with Gasteiger partial charge in [0.05, 0.1) is 47.4 Å². The number of ether oxygens (including phenoxy) is 1. The molecule has 0 spiro atoms. The number of carbonyl (C=O) groups excluding carboxylic acids is 2. The summed E-state index contributed by atoms with van der Waals surface area (Å²) >= 11 is 6.33. The number of carbonyl (C=O) groups is 2. The van der Waals surface area contributed by atoms with E-state index in [1.807, 2.05) is 0 Å². The van der Waals surface area contributed by atoms with Gasteiger partial charge in [0.2, 0.25) is 11.7 Å². The van der Waals surface area contributed by atoms with Crippen molar-refractivity contribution in [3.8, 4) is 16.9 Å². The van der Waals surface area contributed by atoms with Gasteiger partial charge in [0, 0.05) is 55.4 Å². The largest absolute Gasteiger partial charge is 0.504 e. The van der Waals surface area contributed by atoms with E-state index < -0.39 is 45.9 Å². The van der Waals surface area contributed by atoms with Gasteiger partial charge in [-0.1, -0.05) is 11.6 Å². The van der Waals surface area contributed by atoms with Crippen LogP contribution in [0.2, 0.25) is 5.02 Å². The van der Waals surface area contributed by atoms with Gasteiger partial charge in [0.1, 0.15) is 18.0 Å². The number of aromatic nitrogens is 4. The lowest BCUT2D eigenvalue weighted by molar-refractivity contribution is -0.116. The van der Waals surface area contributed by atoms with Crippen molar-refractivity contribution in [1.82, 2.24) is 19.1 Å². The van der Waals surface area contributed by atoms with Gasteiger partial charge in [0.15, 0.2) is 11.6 Å². The molecule has 218 valence electrons. The molecule has 42 heavy (non-hydrogen) atoms. The molecule has 0 radical (unpaired) electrons. The molecule has 2 saturated heterocycles. The van der Waals surface area contributed by atoms with E-state index in [2.05, 4.69) is 20.2 Å². The van der Waals surface area contributed by atoms with Crippen molar-refractivity contribution < 1.29 is 28.2 Å². The van der Waals surface area contributed by atoms with Crippen LogP contribution >= 0.6 is 11.6 Å². The Balaban J connectivity index is 1.34. The van der Waals surface area contributed by atoms with Crippen LogP contribution in [-0.4, -0.2) is 62.3 Å². The van der Waals surface area contributed by atoms with Crippen molar-refractivity contribution in [3.63, 3.8) is 0 Å². The van der Waals surface area contributed by atoms with Gasteiger partial charge in [-0.25, -0.2) is 14.4 Å². The third-order valence-corrected chi connectivity index (χ3v) is 7.97. The van der Waals surface area contributed by atoms with E-state index in [1.165, 1.54) is 30.3 Å². The van der Waals surface area contributed by atoms with E-state index in [1.54, 1.807) is 6.07 Å². The lowest BCUT2D eigenvalue weighted by Gasteiger charge is -2.19. The van der Waals surface area contributed by atoms with Gasteiger partial charge in [-0.2, -0.15) is 4.39 Å². The predicted molar refractivity (Wildman–Crippen MR) is 148 cm³/mol. The number of pyridine rings is 1. The Hall–Kier alpha value is -4.56. The zero-order chi connectivity index (χ0) is 29.9. The van der Waals surface area contributed by atoms with Crippen molar-refractivity contribution in [2.45, 2.75) is 6.54 Å². The molecule has 4 aromatic rings. The first-order valence-electron chi connectivity index (χ1n) is 12.9. The van der Waals surface area contributed by atoms with E-state index in [9.17, 15) is 23.9 Å².